The minimum Gasteiger partial charge on any atom is -0.301 e. The second-order valence-corrected chi connectivity index (χ2v) is 9.15. The Hall–Kier alpha value is -3.44. The molecule has 12 heteroatoms. The SMILES string of the molecule is CC(C(=O)Nc1nc(-c2cc(C(F)(F)F)ccc2Cl)cs1)c1cccc2c1c(=O)n(C)c(=O)n2C. The molecule has 0 fully saturated rings. The quantitative estimate of drug-likeness (QED) is 0.418. The average Bonchev–Trinajstić information content (AvgIpc) is 3.27. The first-order valence-electron chi connectivity index (χ1n) is 10.2. The molecule has 1 unspecified atom stereocenters. The Morgan fingerprint density at radius 3 is 2.54 bits per heavy atom. The molecule has 1 N–H and O–H groups in total. The molecule has 4 rings (SSSR count). The molecule has 0 aliphatic rings. The van der Waals surface area contributed by atoms with Gasteiger partial charge in [0.15, 0.2) is 5.13 Å². The van der Waals surface area contributed by atoms with E-state index >= 15 is 0 Å². The molecule has 7 nitrogen and oxygen atoms in total. The first-order valence-corrected chi connectivity index (χ1v) is 11.5. The van der Waals surface area contributed by atoms with Gasteiger partial charge in [0.05, 0.1) is 33.1 Å². The van der Waals surface area contributed by atoms with Crippen LogP contribution >= 0.6 is 22.9 Å². The summed E-state index contributed by atoms with van der Waals surface area (Å²) >= 11 is 7.11. The third-order valence-electron chi connectivity index (χ3n) is 5.69. The van der Waals surface area contributed by atoms with Gasteiger partial charge in [-0.25, -0.2) is 9.78 Å². The number of hydrogen-bond donors (Lipinski definition) is 1. The van der Waals surface area contributed by atoms with E-state index in [-0.39, 0.29) is 26.8 Å². The number of halogens is 4. The highest BCUT2D eigenvalue weighted by atomic mass is 35.5. The van der Waals surface area contributed by atoms with Gasteiger partial charge < -0.3 is 5.32 Å². The third kappa shape index (κ3) is 4.48. The Bertz CT molecular complexity index is 1590. The summed E-state index contributed by atoms with van der Waals surface area (Å²) < 4.78 is 41.6. The highest BCUT2D eigenvalue weighted by molar-refractivity contribution is 7.14. The minimum absolute atomic E-state index is 0.0877. The van der Waals surface area contributed by atoms with E-state index in [4.69, 9.17) is 11.6 Å². The Kier molecular flexibility index (Phi) is 6.32. The Morgan fingerprint density at radius 1 is 1.14 bits per heavy atom. The van der Waals surface area contributed by atoms with E-state index in [9.17, 15) is 27.6 Å². The number of fused-ring (bicyclic) bond motifs is 1. The van der Waals surface area contributed by atoms with Crippen LogP contribution in [0.15, 0.2) is 51.4 Å². The summed E-state index contributed by atoms with van der Waals surface area (Å²) in [4.78, 5) is 42.3. The van der Waals surface area contributed by atoms with E-state index in [1.54, 1.807) is 25.1 Å². The first kappa shape index (κ1) is 24.7. The number of hydrogen-bond acceptors (Lipinski definition) is 5. The molecule has 1 atom stereocenters. The monoisotopic (exact) mass is 522 g/mol. The minimum atomic E-state index is -4.54. The lowest BCUT2D eigenvalue weighted by Gasteiger charge is -2.15. The van der Waals surface area contributed by atoms with E-state index in [1.807, 2.05) is 0 Å². The van der Waals surface area contributed by atoms with Gasteiger partial charge in [-0.3, -0.25) is 18.7 Å². The summed E-state index contributed by atoms with van der Waals surface area (Å²) in [6, 6.07) is 7.84. The van der Waals surface area contributed by atoms with Crippen molar-refractivity contribution < 1.29 is 18.0 Å². The summed E-state index contributed by atoms with van der Waals surface area (Å²) in [5.74, 6) is -1.28. The third-order valence-corrected chi connectivity index (χ3v) is 6.78. The standard InChI is InChI=1S/C23H18ClF3N4O3S/c1-11(13-5-4-6-17-18(13)20(33)31(3)22(34)30(17)2)19(32)29-21-28-16(10-35-21)14-9-12(23(25,26)27)7-8-15(14)24/h4-11H,1-3H3,(H,28,29,32). The zero-order valence-electron chi connectivity index (χ0n) is 18.6. The predicted octanol–water partition coefficient (Wildman–Crippen LogP) is 4.78. The fraction of sp³-hybridized carbons (Fsp3) is 0.217. The van der Waals surface area contributed by atoms with Crippen molar-refractivity contribution in [3.8, 4) is 11.3 Å². The van der Waals surface area contributed by atoms with Gasteiger partial charge in [0, 0.05) is 25.0 Å². The maximum atomic E-state index is 13.1. The summed E-state index contributed by atoms with van der Waals surface area (Å²) in [6.45, 7) is 1.60. The molecule has 0 bridgehead atoms. The second kappa shape index (κ2) is 8.97. The van der Waals surface area contributed by atoms with Crippen LogP contribution in [0.25, 0.3) is 22.2 Å². The van der Waals surface area contributed by atoms with Crippen molar-refractivity contribution in [1.82, 2.24) is 14.1 Å². The lowest BCUT2D eigenvalue weighted by atomic mass is 9.96. The normalized spacial score (nSPS) is 12.7. The van der Waals surface area contributed by atoms with Crippen LogP contribution in [0.5, 0.6) is 0 Å². The lowest BCUT2D eigenvalue weighted by molar-refractivity contribution is -0.137. The van der Waals surface area contributed by atoms with Crippen molar-refractivity contribution in [3.63, 3.8) is 0 Å². The smallest absolute Gasteiger partial charge is 0.301 e. The van der Waals surface area contributed by atoms with Crippen LogP contribution in [0.1, 0.15) is 24.0 Å². The number of aryl methyl sites for hydroxylation is 1. The Morgan fingerprint density at radius 2 is 1.86 bits per heavy atom. The summed E-state index contributed by atoms with van der Waals surface area (Å²) in [7, 11) is 2.90. The number of nitrogens with zero attached hydrogens (tertiary/aromatic N) is 3. The van der Waals surface area contributed by atoms with Crippen molar-refractivity contribution in [2.24, 2.45) is 14.1 Å². The molecule has 0 spiro atoms. The summed E-state index contributed by atoms with van der Waals surface area (Å²) in [6.07, 6.45) is -4.54. The van der Waals surface area contributed by atoms with Crippen LogP contribution in [0.2, 0.25) is 5.02 Å². The van der Waals surface area contributed by atoms with Crippen molar-refractivity contribution in [3.05, 3.63) is 78.8 Å². The summed E-state index contributed by atoms with van der Waals surface area (Å²) in [5.41, 5.74) is -0.779. The van der Waals surface area contributed by atoms with Crippen molar-refractivity contribution >= 4 is 44.9 Å². The number of carbonyl (C=O) groups is 1. The van der Waals surface area contributed by atoms with Crippen LogP contribution in [0, 0.1) is 0 Å². The number of thiazole rings is 1. The van der Waals surface area contributed by atoms with E-state index in [0.717, 1.165) is 34.1 Å². The predicted molar refractivity (Wildman–Crippen MR) is 129 cm³/mol. The first-order chi connectivity index (χ1) is 16.4. The van der Waals surface area contributed by atoms with Gasteiger partial charge in [-0.15, -0.1) is 11.3 Å². The molecule has 0 aliphatic heterocycles. The van der Waals surface area contributed by atoms with Crippen LogP contribution in [-0.2, 0) is 25.1 Å². The second-order valence-electron chi connectivity index (χ2n) is 7.89. The van der Waals surface area contributed by atoms with E-state index in [2.05, 4.69) is 10.3 Å². The molecule has 2 heterocycles. The average molecular weight is 523 g/mol. The topological polar surface area (TPSA) is 86.0 Å². The number of rotatable bonds is 4. The lowest BCUT2D eigenvalue weighted by Crippen LogP contribution is -2.37. The zero-order valence-corrected chi connectivity index (χ0v) is 20.2. The van der Waals surface area contributed by atoms with Gasteiger partial charge in [-0.2, -0.15) is 13.2 Å². The van der Waals surface area contributed by atoms with Crippen molar-refractivity contribution in [2.75, 3.05) is 5.32 Å². The van der Waals surface area contributed by atoms with Crippen LogP contribution in [0.4, 0.5) is 18.3 Å². The van der Waals surface area contributed by atoms with Gasteiger partial charge in [0.25, 0.3) is 5.56 Å². The number of anilines is 1. The van der Waals surface area contributed by atoms with Gasteiger partial charge in [0.1, 0.15) is 0 Å². The molecule has 0 radical (unpaired) electrons. The Labute approximate surface area is 205 Å². The molecule has 2 aromatic carbocycles. The molecule has 0 aliphatic carbocycles. The highest BCUT2D eigenvalue weighted by Gasteiger charge is 2.31. The fourth-order valence-electron chi connectivity index (χ4n) is 3.72. The number of nitrogens with one attached hydrogen (secondary N) is 1. The van der Waals surface area contributed by atoms with E-state index < -0.39 is 34.8 Å². The van der Waals surface area contributed by atoms with E-state index in [1.165, 1.54) is 24.0 Å². The molecular formula is C23H18ClF3N4O3S. The zero-order chi connectivity index (χ0) is 25.7. The maximum Gasteiger partial charge on any atom is 0.416 e. The van der Waals surface area contributed by atoms with Gasteiger partial charge in [-0.05, 0) is 36.8 Å². The Balaban J connectivity index is 1.65. The van der Waals surface area contributed by atoms with E-state index in [0.29, 0.717) is 11.1 Å². The van der Waals surface area contributed by atoms with Gasteiger partial charge >= 0.3 is 11.9 Å². The van der Waals surface area contributed by atoms with Gasteiger partial charge in [0.2, 0.25) is 5.91 Å². The number of alkyl halides is 3. The molecule has 4 aromatic rings. The number of aromatic nitrogens is 3. The fourth-order valence-corrected chi connectivity index (χ4v) is 4.65. The van der Waals surface area contributed by atoms with Gasteiger partial charge in [-0.1, -0.05) is 23.7 Å². The van der Waals surface area contributed by atoms with Crippen molar-refractivity contribution in [2.45, 2.75) is 19.0 Å². The van der Waals surface area contributed by atoms with Crippen LogP contribution in [-0.4, -0.2) is 20.0 Å². The number of benzene rings is 2. The molecule has 35 heavy (non-hydrogen) atoms. The van der Waals surface area contributed by atoms with Crippen molar-refractivity contribution in [1.29, 1.82) is 0 Å². The number of amides is 1. The highest BCUT2D eigenvalue weighted by Crippen LogP contribution is 2.37. The summed E-state index contributed by atoms with van der Waals surface area (Å²) in [5, 5.41) is 4.63. The molecular weight excluding hydrogens is 505 g/mol. The largest absolute Gasteiger partial charge is 0.416 e. The molecule has 2 aromatic heterocycles. The molecule has 182 valence electrons. The number of carbonyl (C=O) groups excluding carboxylic acids is 1. The molecule has 0 saturated carbocycles. The maximum absolute atomic E-state index is 13.1. The molecule has 0 saturated heterocycles. The van der Waals surface area contributed by atoms with Crippen LogP contribution < -0.4 is 16.6 Å². The van der Waals surface area contributed by atoms with Crippen LogP contribution in [0.3, 0.4) is 0 Å². The molecule has 1 amide bonds.